The lowest BCUT2D eigenvalue weighted by Gasteiger charge is -2.27. The summed E-state index contributed by atoms with van der Waals surface area (Å²) in [5.41, 5.74) is 5.03. The molecule has 1 aliphatic rings. The van der Waals surface area contributed by atoms with Gasteiger partial charge in [0.2, 0.25) is 11.9 Å². The van der Waals surface area contributed by atoms with Crippen LogP contribution in [0.5, 0.6) is 0 Å². The molecule has 7 nitrogen and oxygen atoms in total. The number of aromatic nitrogens is 2. The number of halogens is 3. The van der Waals surface area contributed by atoms with Crippen LogP contribution in [-0.2, 0) is 6.18 Å². The second kappa shape index (κ2) is 8.01. The van der Waals surface area contributed by atoms with Gasteiger partial charge in [-0.15, -0.1) is 0 Å². The fourth-order valence-electron chi connectivity index (χ4n) is 3.02. The van der Waals surface area contributed by atoms with Gasteiger partial charge in [-0.05, 0) is 49.9 Å². The molecule has 5 N–H and O–H groups in total. The van der Waals surface area contributed by atoms with Gasteiger partial charge in [0.15, 0.2) is 0 Å². The van der Waals surface area contributed by atoms with Crippen molar-refractivity contribution in [2.75, 3.05) is 10.6 Å². The molecule has 1 amide bonds. The second-order valence-electron chi connectivity index (χ2n) is 6.67. The lowest BCUT2D eigenvalue weighted by atomic mass is 9.93. The summed E-state index contributed by atoms with van der Waals surface area (Å²) >= 11 is 0. The Morgan fingerprint density at radius 2 is 1.79 bits per heavy atom. The van der Waals surface area contributed by atoms with Crippen LogP contribution in [0.25, 0.3) is 0 Å². The minimum absolute atomic E-state index is 0.0156. The Kier molecular flexibility index (Phi) is 5.68. The molecule has 2 aromatic rings. The molecule has 1 heterocycles. The molecule has 0 aliphatic heterocycles. The van der Waals surface area contributed by atoms with Crippen LogP contribution in [0.4, 0.5) is 30.6 Å². The molecule has 28 heavy (non-hydrogen) atoms. The molecule has 1 saturated carbocycles. The summed E-state index contributed by atoms with van der Waals surface area (Å²) < 4.78 is 40.0. The number of carbonyl (C=O) groups excluding carboxylic acids is 1. The molecule has 0 saturated heterocycles. The second-order valence-corrected chi connectivity index (χ2v) is 6.67. The molecule has 1 fully saturated rings. The highest BCUT2D eigenvalue weighted by Crippen LogP contribution is 2.35. The van der Waals surface area contributed by atoms with E-state index in [1.54, 1.807) is 12.1 Å². The lowest BCUT2D eigenvalue weighted by Crippen LogP contribution is -2.29. The van der Waals surface area contributed by atoms with Crippen molar-refractivity contribution in [3.63, 3.8) is 0 Å². The minimum atomic E-state index is -4.60. The van der Waals surface area contributed by atoms with Crippen LogP contribution in [-0.4, -0.2) is 33.1 Å². The highest BCUT2D eigenvalue weighted by atomic mass is 19.4. The lowest BCUT2D eigenvalue weighted by molar-refractivity contribution is -0.137. The maximum Gasteiger partial charge on any atom is 0.421 e. The molecule has 1 aromatic heterocycles. The van der Waals surface area contributed by atoms with E-state index in [1.165, 1.54) is 12.1 Å². The molecule has 0 spiro atoms. The number of nitrogens with one attached hydrogen (secondary N) is 2. The normalized spacial score (nSPS) is 19.9. The molecule has 1 aliphatic carbocycles. The number of anilines is 3. The third kappa shape index (κ3) is 4.89. The van der Waals surface area contributed by atoms with E-state index in [0.717, 1.165) is 6.20 Å². The van der Waals surface area contributed by atoms with E-state index in [-0.39, 0.29) is 17.8 Å². The summed E-state index contributed by atoms with van der Waals surface area (Å²) in [7, 11) is 0. The van der Waals surface area contributed by atoms with Gasteiger partial charge in [-0.3, -0.25) is 4.79 Å². The van der Waals surface area contributed by atoms with Gasteiger partial charge >= 0.3 is 6.18 Å². The number of carbonyl (C=O) groups is 1. The predicted octanol–water partition coefficient (Wildman–Crippen LogP) is 3.05. The van der Waals surface area contributed by atoms with Crippen molar-refractivity contribution in [3.05, 3.63) is 41.6 Å². The first-order valence-corrected chi connectivity index (χ1v) is 8.78. The molecule has 10 heteroatoms. The van der Waals surface area contributed by atoms with Gasteiger partial charge in [0, 0.05) is 23.5 Å². The van der Waals surface area contributed by atoms with Crippen molar-refractivity contribution in [2.24, 2.45) is 5.73 Å². The number of benzene rings is 1. The third-order valence-electron chi connectivity index (χ3n) is 4.56. The first-order chi connectivity index (χ1) is 13.2. The molecule has 1 aromatic carbocycles. The van der Waals surface area contributed by atoms with Gasteiger partial charge in [0.1, 0.15) is 11.4 Å². The zero-order valence-corrected chi connectivity index (χ0v) is 14.8. The Morgan fingerprint density at radius 3 is 2.36 bits per heavy atom. The molecule has 3 rings (SSSR count). The molecular weight excluding hydrogens is 375 g/mol. The average molecular weight is 395 g/mol. The number of nitrogens with two attached hydrogens (primary N) is 1. The number of rotatable bonds is 5. The smallest absolute Gasteiger partial charge is 0.393 e. The SMILES string of the molecule is NC(=O)c1ccc(Nc2ncc(C(F)(F)F)c(N[C@H]3CC[C@H](O)CC3)n2)cc1. The quantitative estimate of drug-likeness (QED) is 0.619. The fraction of sp³-hybridized carbons (Fsp3) is 0.389. The zero-order valence-electron chi connectivity index (χ0n) is 14.8. The first kappa shape index (κ1) is 19.9. The number of aliphatic hydroxyl groups is 1. The summed E-state index contributed by atoms with van der Waals surface area (Å²) in [5.74, 6) is -0.903. The number of aliphatic hydroxyl groups excluding tert-OH is 1. The number of hydrogen-bond acceptors (Lipinski definition) is 6. The Labute approximate surface area is 159 Å². The van der Waals surface area contributed by atoms with E-state index >= 15 is 0 Å². The number of amides is 1. The summed E-state index contributed by atoms with van der Waals surface area (Å²) in [6.45, 7) is 0. The van der Waals surface area contributed by atoms with Crippen LogP contribution in [0.2, 0.25) is 0 Å². The van der Waals surface area contributed by atoms with E-state index in [9.17, 15) is 23.1 Å². The van der Waals surface area contributed by atoms with Crippen molar-refractivity contribution in [3.8, 4) is 0 Å². The van der Waals surface area contributed by atoms with Crippen molar-refractivity contribution in [2.45, 2.75) is 44.0 Å². The minimum Gasteiger partial charge on any atom is -0.393 e. The summed E-state index contributed by atoms with van der Waals surface area (Å²) in [4.78, 5) is 18.9. The standard InChI is InChI=1S/C18H20F3N5O2/c19-18(20,21)14-9-23-17(25-12-3-1-10(2-4-12)15(22)28)26-16(14)24-11-5-7-13(27)8-6-11/h1-4,9,11,13,27H,5-8H2,(H2,22,28)(H2,23,24,25,26)/t11-,13-. The van der Waals surface area contributed by atoms with E-state index in [2.05, 4.69) is 20.6 Å². The van der Waals surface area contributed by atoms with Crippen molar-refractivity contribution >= 4 is 23.4 Å². The van der Waals surface area contributed by atoms with Gasteiger partial charge in [0.25, 0.3) is 0 Å². The number of nitrogens with zero attached hydrogens (tertiary/aromatic N) is 2. The monoisotopic (exact) mass is 395 g/mol. The molecular formula is C18H20F3N5O2. The summed E-state index contributed by atoms with van der Waals surface area (Å²) in [5, 5.41) is 15.2. The molecule has 0 atom stereocenters. The van der Waals surface area contributed by atoms with Crippen LogP contribution in [0, 0.1) is 0 Å². The molecule has 150 valence electrons. The zero-order chi connectivity index (χ0) is 20.3. The van der Waals surface area contributed by atoms with E-state index in [0.29, 0.717) is 36.9 Å². The Bertz CT molecular complexity index is 834. The summed E-state index contributed by atoms with van der Waals surface area (Å²) in [6.07, 6.45) is -2.11. The van der Waals surface area contributed by atoms with Gasteiger partial charge in [0.05, 0.1) is 6.10 Å². The Hall–Kier alpha value is -2.88. The largest absolute Gasteiger partial charge is 0.421 e. The third-order valence-corrected chi connectivity index (χ3v) is 4.56. The van der Waals surface area contributed by atoms with Gasteiger partial charge < -0.3 is 21.5 Å². The Morgan fingerprint density at radius 1 is 1.14 bits per heavy atom. The highest BCUT2D eigenvalue weighted by Gasteiger charge is 2.36. The number of primary amides is 1. The number of hydrogen-bond donors (Lipinski definition) is 4. The van der Waals surface area contributed by atoms with Crippen molar-refractivity contribution in [1.82, 2.24) is 9.97 Å². The van der Waals surface area contributed by atoms with Gasteiger partial charge in [-0.2, -0.15) is 18.2 Å². The van der Waals surface area contributed by atoms with Crippen LogP contribution in [0.3, 0.4) is 0 Å². The van der Waals surface area contributed by atoms with Crippen LogP contribution < -0.4 is 16.4 Å². The van der Waals surface area contributed by atoms with E-state index in [1.807, 2.05) is 0 Å². The van der Waals surface area contributed by atoms with Crippen LogP contribution in [0.15, 0.2) is 30.5 Å². The molecule has 0 radical (unpaired) electrons. The van der Waals surface area contributed by atoms with Crippen LogP contribution in [0.1, 0.15) is 41.6 Å². The molecule has 0 unspecified atom stereocenters. The van der Waals surface area contributed by atoms with Gasteiger partial charge in [-0.1, -0.05) is 0 Å². The maximum absolute atomic E-state index is 13.3. The van der Waals surface area contributed by atoms with Crippen molar-refractivity contribution in [1.29, 1.82) is 0 Å². The fourth-order valence-corrected chi connectivity index (χ4v) is 3.02. The van der Waals surface area contributed by atoms with Crippen LogP contribution >= 0.6 is 0 Å². The number of alkyl halides is 3. The molecule has 0 bridgehead atoms. The summed E-state index contributed by atoms with van der Waals surface area (Å²) in [6, 6.07) is 5.87. The first-order valence-electron chi connectivity index (χ1n) is 8.78. The maximum atomic E-state index is 13.3. The van der Waals surface area contributed by atoms with Gasteiger partial charge in [-0.25, -0.2) is 4.98 Å². The average Bonchev–Trinajstić information content (AvgIpc) is 2.63. The van der Waals surface area contributed by atoms with Crippen molar-refractivity contribution < 1.29 is 23.1 Å². The topological polar surface area (TPSA) is 113 Å². The predicted molar refractivity (Wildman–Crippen MR) is 97.2 cm³/mol. The highest BCUT2D eigenvalue weighted by molar-refractivity contribution is 5.93. The van der Waals surface area contributed by atoms with E-state index < -0.39 is 23.8 Å². The van der Waals surface area contributed by atoms with E-state index in [4.69, 9.17) is 5.73 Å². The Balaban J connectivity index is 1.81.